The Morgan fingerprint density at radius 1 is 1.05 bits per heavy atom. The predicted octanol–water partition coefficient (Wildman–Crippen LogP) is 3.48. The van der Waals surface area contributed by atoms with Gasteiger partial charge in [0.1, 0.15) is 18.4 Å². The molecular formula is C27H36FN3O6S. The van der Waals surface area contributed by atoms with E-state index in [-0.39, 0.29) is 24.2 Å². The van der Waals surface area contributed by atoms with Gasteiger partial charge in [0.15, 0.2) is 11.5 Å². The first-order valence-corrected chi connectivity index (χ1v) is 14.5. The number of anilines is 1. The summed E-state index contributed by atoms with van der Waals surface area (Å²) in [7, 11) is -1.01. The largest absolute Gasteiger partial charge is 0.493 e. The van der Waals surface area contributed by atoms with E-state index in [1.807, 2.05) is 0 Å². The van der Waals surface area contributed by atoms with Crippen molar-refractivity contribution in [1.82, 2.24) is 10.2 Å². The number of hydrogen-bond donors (Lipinski definition) is 1. The molecule has 2 amide bonds. The molecule has 1 saturated carbocycles. The number of nitrogens with zero attached hydrogens (tertiary/aromatic N) is 2. The van der Waals surface area contributed by atoms with Crippen molar-refractivity contribution in [1.29, 1.82) is 0 Å². The molecule has 0 spiro atoms. The van der Waals surface area contributed by atoms with Gasteiger partial charge in [-0.2, -0.15) is 0 Å². The van der Waals surface area contributed by atoms with Gasteiger partial charge in [-0.15, -0.1) is 0 Å². The highest BCUT2D eigenvalue weighted by Gasteiger charge is 2.33. The van der Waals surface area contributed by atoms with Gasteiger partial charge >= 0.3 is 0 Å². The summed E-state index contributed by atoms with van der Waals surface area (Å²) >= 11 is 0. The molecule has 2 aromatic carbocycles. The predicted molar refractivity (Wildman–Crippen MR) is 143 cm³/mol. The fourth-order valence-corrected chi connectivity index (χ4v) is 5.51. The van der Waals surface area contributed by atoms with E-state index in [1.165, 1.54) is 43.4 Å². The summed E-state index contributed by atoms with van der Waals surface area (Å²) in [5.74, 6) is -0.565. The lowest BCUT2D eigenvalue weighted by Crippen LogP contribution is -2.53. The molecule has 9 nitrogen and oxygen atoms in total. The van der Waals surface area contributed by atoms with Crippen LogP contribution in [0.25, 0.3) is 0 Å². The highest BCUT2D eigenvalue weighted by molar-refractivity contribution is 7.92. The van der Waals surface area contributed by atoms with Crippen LogP contribution in [0.15, 0.2) is 42.5 Å². The van der Waals surface area contributed by atoms with Crippen LogP contribution < -0.4 is 19.1 Å². The second-order valence-electron chi connectivity index (χ2n) is 9.37. The van der Waals surface area contributed by atoms with Crippen molar-refractivity contribution in [2.24, 2.45) is 0 Å². The number of amides is 2. The van der Waals surface area contributed by atoms with Crippen LogP contribution in [0, 0.1) is 5.82 Å². The Morgan fingerprint density at radius 3 is 2.24 bits per heavy atom. The van der Waals surface area contributed by atoms with Crippen molar-refractivity contribution in [3.8, 4) is 11.5 Å². The van der Waals surface area contributed by atoms with Crippen LogP contribution in [0.5, 0.6) is 11.5 Å². The number of hydrogen-bond acceptors (Lipinski definition) is 6. The lowest BCUT2D eigenvalue weighted by molar-refractivity contribution is -0.140. The number of halogens is 1. The van der Waals surface area contributed by atoms with Gasteiger partial charge in [-0.25, -0.2) is 12.8 Å². The van der Waals surface area contributed by atoms with Crippen LogP contribution in [-0.4, -0.2) is 64.2 Å². The molecule has 3 rings (SSSR count). The normalized spacial score (nSPS) is 14.6. The number of benzene rings is 2. The van der Waals surface area contributed by atoms with Gasteiger partial charge in [0.2, 0.25) is 21.8 Å². The Balaban J connectivity index is 1.94. The van der Waals surface area contributed by atoms with E-state index >= 15 is 0 Å². The van der Waals surface area contributed by atoms with Crippen LogP contribution in [0.4, 0.5) is 10.1 Å². The molecule has 1 fully saturated rings. The van der Waals surface area contributed by atoms with Crippen molar-refractivity contribution >= 4 is 27.5 Å². The lowest BCUT2D eigenvalue weighted by Gasteiger charge is -2.33. The SMILES string of the molecule is CC[C@H](C(=O)NC1CCCC1)N(Cc1ccc(F)cc1)C(=O)CN(c1ccc(OC)c(OC)c1)S(C)(=O)=O. The first-order chi connectivity index (χ1) is 18.1. The van der Waals surface area contributed by atoms with E-state index in [9.17, 15) is 22.4 Å². The van der Waals surface area contributed by atoms with Gasteiger partial charge in [-0.3, -0.25) is 13.9 Å². The van der Waals surface area contributed by atoms with Gasteiger partial charge in [-0.05, 0) is 49.1 Å². The Bertz CT molecular complexity index is 1220. The Labute approximate surface area is 224 Å². The minimum absolute atomic E-state index is 0.0131. The lowest BCUT2D eigenvalue weighted by atomic mass is 10.1. The second-order valence-corrected chi connectivity index (χ2v) is 11.3. The first-order valence-electron chi connectivity index (χ1n) is 12.6. The van der Waals surface area contributed by atoms with Gasteiger partial charge in [0.05, 0.1) is 26.2 Å². The molecule has 1 aliphatic carbocycles. The van der Waals surface area contributed by atoms with Crippen LogP contribution in [-0.2, 0) is 26.2 Å². The number of carbonyl (C=O) groups is 2. The van der Waals surface area contributed by atoms with Gasteiger partial charge in [-0.1, -0.05) is 31.9 Å². The fraction of sp³-hybridized carbons (Fsp3) is 0.481. The van der Waals surface area contributed by atoms with Gasteiger partial charge in [0.25, 0.3) is 0 Å². The molecule has 38 heavy (non-hydrogen) atoms. The molecule has 11 heteroatoms. The maximum Gasteiger partial charge on any atom is 0.244 e. The number of methoxy groups -OCH3 is 2. The molecule has 1 aliphatic rings. The van der Waals surface area contributed by atoms with Crippen LogP contribution in [0.1, 0.15) is 44.6 Å². The smallest absolute Gasteiger partial charge is 0.244 e. The molecule has 0 bridgehead atoms. The molecule has 0 heterocycles. The zero-order valence-electron chi connectivity index (χ0n) is 22.3. The third-order valence-electron chi connectivity index (χ3n) is 6.69. The number of carbonyl (C=O) groups excluding carboxylic acids is 2. The molecule has 0 unspecified atom stereocenters. The van der Waals surface area contributed by atoms with Crippen molar-refractivity contribution in [3.63, 3.8) is 0 Å². The summed E-state index contributed by atoms with van der Waals surface area (Å²) in [5, 5.41) is 3.05. The van der Waals surface area contributed by atoms with Crippen molar-refractivity contribution < 1.29 is 31.9 Å². The number of ether oxygens (including phenoxy) is 2. The zero-order chi connectivity index (χ0) is 27.9. The summed E-state index contributed by atoms with van der Waals surface area (Å²) < 4.78 is 50.7. The highest BCUT2D eigenvalue weighted by Crippen LogP contribution is 2.32. The fourth-order valence-electron chi connectivity index (χ4n) is 4.67. The number of sulfonamides is 1. The highest BCUT2D eigenvalue weighted by atomic mass is 32.2. The number of rotatable bonds is 12. The molecular weight excluding hydrogens is 513 g/mol. The van der Waals surface area contributed by atoms with E-state index in [1.54, 1.807) is 25.1 Å². The van der Waals surface area contributed by atoms with Crippen LogP contribution in [0.2, 0.25) is 0 Å². The van der Waals surface area contributed by atoms with E-state index in [0.29, 0.717) is 23.5 Å². The van der Waals surface area contributed by atoms with Crippen molar-refractivity contribution in [2.45, 2.75) is 57.7 Å². The van der Waals surface area contributed by atoms with Gasteiger partial charge in [0, 0.05) is 18.7 Å². The molecule has 1 N–H and O–H groups in total. The van der Waals surface area contributed by atoms with Crippen LogP contribution >= 0.6 is 0 Å². The molecule has 0 aromatic heterocycles. The summed E-state index contributed by atoms with van der Waals surface area (Å²) in [5.41, 5.74) is 0.826. The summed E-state index contributed by atoms with van der Waals surface area (Å²) in [6.45, 7) is 1.27. The molecule has 0 saturated heterocycles. The molecule has 1 atom stereocenters. The minimum atomic E-state index is -3.90. The quantitative estimate of drug-likeness (QED) is 0.435. The van der Waals surface area contributed by atoms with Crippen molar-refractivity contribution in [2.75, 3.05) is 31.3 Å². The van der Waals surface area contributed by atoms with E-state index in [2.05, 4.69) is 5.32 Å². The Hall–Kier alpha value is -3.34. The molecule has 208 valence electrons. The van der Waals surface area contributed by atoms with E-state index in [0.717, 1.165) is 36.2 Å². The maximum atomic E-state index is 13.8. The Kier molecular flexibility index (Phi) is 9.96. The summed E-state index contributed by atoms with van der Waals surface area (Å²) in [4.78, 5) is 28.4. The zero-order valence-corrected chi connectivity index (χ0v) is 23.1. The number of nitrogens with one attached hydrogen (secondary N) is 1. The standard InChI is InChI=1S/C27H36FN3O6S/c1-5-23(27(33)29-21-8-6-7-9-21)30(17-19-10-12-20(28)13-11-19)26(32)18-31(38(4,34)35)22-14-15-24(36-2)25(16-22)37-3/h10-16,21,23H,5-9,17-18H2,1-4H3,(H,29,33)/t23-/m1/s1. The van der Waals surface area contributed by atoms with E-state index in [4.69, 9.17) is 9.47 Å². The third kappa shape index (κ3) is 7.37. The van der Waals surface area contributed by atoms with Gasteiger partial charge < -0.3 is 19.7 Å². The van der Waals surface area contributed by atoms with E-state index < -0.39 is 34.3 Å². The van der Waals surface area contributed by atoms with Crippen LogP contribution in [0.3, 0.4) is 0 Å². The minimum Gasteiger partial charge on any atom is -0.493 e. The summed E-state index contributed by atoms with van der Waals surface area (Å²) in [6.07, 6.45) is 5.17. The molecule has 0 radical (unpaired) electrons. The maximum absolute atomic E-state index is 13.8. The molecule has 0 aliphatic heterocycles. The summed E-state index contributed by atoms with van der Waals surface area (Å²) in [6, 6.07) is 9.41. The topological polar surface area (TPSA) is 105 Å². The average molecular weight is 550 g/mol. The Morgan fingerprint density at radius 2 is 1.68 bits per heavy atom. The third-order valence-corrected chi connectivity index (χ3v) is 7.83. The second kappa shape index (κ2) is 12.9. The monoisotopic (exact) mass is 549 g/mol. The molecule has 2 aromatic rings. The average Bonchev–Trinajstić information content (AvgIpc) is 3.40. The first kappa shape index (κ1) is 29.2. The van der Waals surface area contributed by atoms with Crippen molar-refractivity contribution in [3.05, 3.63) is 53.8 Å².